The van der Waals surface area contributed by atoms with E-state index in [1.807, 2.05) is 47.8 Å². The molecule has 1 aliphatic heterocycles. The number of rotatable bonds is 5. The van der Waals surface area contributed by atoms with Crippen molar-refractivity contribution in [3.63, 3.8) is 0 Å². The van der Waals surface area contributed by atoms with Crippen LogP contribution in [0.2, 0.25) is 5.02 Å². The average molecular weight is 369 g/mol. The normalized spacial score (nSPS) is 15.6. The molecule has 3 aromatic rings. The summed E-state index contributed by atoms with van der Waals surface area (Å²) >= 11 is 7.59. The quantitative estimate of drug-likeness (QED) is 0.608. The van der Waals surface area contributed by atoms with Crippen LogP contribution in [-0.2, 0) is 4.74 Å². The fourth-order valence-electron chi connectivity index (χ4n) is 2.48. The molecule has 1 fully saturated rings. The number of thiophene rings is 1. The molecule has 0 saturated carbocycles. The van der Waals surface area contributed by atoms with Crippen molar-refractivity contribution in [2.75, 3.05) is 13.2 Å². The number of hydrogen-bond acceptors (Lipinski definition) is 5. The molecule has 1 saturated heterocycles. The lowest BCUT2D eigenvalue weighted by Gasteiger charge is -2.12. The molecule has 0 spiro atoms. The van der Waals surface area contributed by atoms with Gasteiger partial charge in [0.2, 0.25) is 5.88 Å². The fourth-order valence-corrected chi connectivity index (χ4v) is 3.29. The molecule has 1 atom stereocenters. The molecule has 1 aromatic carbocycles. The van der Waals surface area contributed by atoms with Gasteiger partial charge in [-0.2, -0.15) is 5.26 Å². The highest BCUT2D eigenvalue weighted by Crippen LogP contribution is 2.35. The fraction of sp³-hybridized carbons (Fsp3) is 0.158. The number of nitrogens with zero attached hydrogens (tertiary/aromatic N) is 2. The zero-order valence-corrected chi connectivity index (χ0v) is 14.7. The van der Waals surface area contributed by atoms with E-state index < -0.39 is 0 Å². The van der Waals surface area contributed by atoms with Crippen LogP contribution in [0.25, 0.3) is 21.7 Å². The monoisotopic (exact) mass is 368 g/mol. The summed E-state index contributed by atoms with van der Waals surface area (Å²) in [6.07, 6.45) is 0.0951. The van der Waals surface area contributed by atoms with Gasteiger partial charge in [0.1, 0.15) is 24.3 Å². The van der Waals surface area contributed by atoms with E-state index >= 15 is 0 Å². The first-order valence-electron chi connectivity index (χ1n) is 7.74. The summed E-state index contributed by atoms with van der Waals surface area (Å²) in [5.74, 6) is 0.342. The molecular weight excluding hydrogens is 356 g/mol. The summed E-state index contributed by atoms with van der Waals surface area (Å²) in [6.45, 7) is 1.09. The molecule has 4 nitrogen and oxygen atoms in total. The molecule has 0 N–H and O–H groups in total. The zero-order valence-electron chi connectivity index (χ0n) is 13.1. The topological polar surface area (TPSA) is 58.4 Å². The predicted molar refractivity (Wildman–Crippen MR) is 97.9 cm³/mol. The van der Waals surface area contributed by atoms with E-state index in [1.54, 1.807) is 11.3 Å². The Morgan fingerprint density at radius 1 is 1.32 bits per heavy atom. The van der Waals surface area contributed by atoms with Crippen LogP contribution in [-0.4, -0.2) is 24.3 Å². The van der Waals surface area contributed by atoms with E-state index in [9.17, 15) is 5.26 Å². The van der Waals surface area contributed by atoms with Gasteiger partial charge in [-0.05, 0) is 35.2 Å². The van der Waals surface area contributed by atoms with E-state index in [-0.39, 0.29) is 6.10 Å². The molecule has 4 rings (SSSR count). The molecule has 1 unspecified atom stereocenters. The van der Waals surface area contributed by atoms with Crippen molar-refractivity contribution in [3.05, 3.63) is 58.4 Å². The van der Waals surface area contributed by atoms with Crippen molar-refractivity contribution >= 4 is 22.9 Å². The lowest BCUT2D eigenvalue weighted by molar-refractivity contribution is 0.255. The first kappa shape index (κ1) is 16.1. The summed E-state index contributed by atoms with van der Waals surface area (Å²) in [4.78, 5) is 5.59. The van der Waals surface area contributed by atoms with Crippen molar-refractivity contribution in [1.29, 1.82) is 5.26 Å². The third kappa shape index (κ3) is 3.52. The van der Waals surface area contributed by atoms with Crippen LogP contribution < -0.4 is 4.74 Å². The lowest BCUT2D eigenvalue weighted by atomic mass is 10.0. The van der Waals surface area contributed by atoms with Gasteiger partial charge in [-0.1, -0.05) is 29.8 Å². The number of aromatic nitrogens is 1. The van der Waals surface area contributed by atoms with Gasteiger partial charge >= 0.3 is 0 Å². The molecule has 0 bridgehead atoms. The maximum atomic E-state index is 9.69. The Bertz CT molecular complexity index is 929. The summed E-state index contributed by atoms with van der Waals surface area (Å²) < 4.78 is 11.0. The summed E-state index contributed by atoms with van der Waals surface area (Å²) in [7, 11) is 0. The summed E-state index contributed by atoms with van der Waals surface area (Å²) in [5.41, 5.74) is 2.88. The Kier molecular flexibility index (Phi) is 4.41. The maximum Gasteiger partial charge on any atom is 0.233 e. The standard InChI is InChI=1S/C19H13ClN2O2S/c20-13-5-3-12(4-6-13)15-8-17(18-2-1-7-25-18)22-19(16(15)9-21)24-11-14-10-23-14/h1-8,14H,10-11H2. The van der Waals surface area contributed by atoms with Gasteiger partial charge in [0.05, 0.1) is 17.2 Å². The molecular formula is C19H13ClN2O2S. The van der Waals surface area contributed by atoms with Crippen LogP contribution in [0.4, 0.5) is 0 Å². The number of nitriles is 1. The van der Waals surface area contributed by atoms with E-state index in [4.69, 9.17) is 21.1 Å². The van der Waals surface area contributed by atoms with Crippen LogP contribution in [0.1, 0.15) is 5.56 Å². The molecule has 6 heteroatoms. The van der Waals surface area contributed by atoms with Crippen LogP contribution in [0.5, 0.6) is 5.88 Å². The Morgan fingerprint density at radius 3 is 2.76 bits per heavy atom. The number of pyridine rings is 1. The minimum absolute atomic E-state index is 0.0951. The van der Waals surface area contributed by atoms with Gasteiger partial charge < -0.3 is 9.47 Å². The Hall–Kier alpha value is -2.39. The van der Waals surface area contributed by atoms with Crippen molar-refractivity contribution in [1.82, 2.24) is 4.98 Å². The van der Waals surface area contributed by atoms with Crippen molar-refractivity contribution < 1.29 is 9.47 Å². The third-order valence-electron chi connectivity index (χ3n) is 3.84. The molecule has 0 aliphatic carbocycles. The van der Waals surface area contributed by atoms with E-state index in [1.165, 1.54) is 0 Å². The average Bonchev–Trinajstić information content (AvgIpc) is 3.30. The molecule has 3 heterocycles. The van der Waals surface area contributed by atoms with Crippen molar-refractivity contribution in [3.8, 4) is 33.6 Å². The van der Waals surface area contributed by atoms with Gasteiger partial charge in [0.15, 0.2) is 0 Å². The number of epoxide rings is 1. The second-order valence-electron chi connectivity index (χ2n) is 5.60. The second-order valence-corrected chi connectivity index (χ2v) is 6.98. The first-order valence-corrected chi connectivity index (χ1v) is 8.99. The highest BCUT2D eigenvalue weighted by molar-refractivity contribution is 7.13. The number of halogens is 1. The highest BCUT2D eigenvalue weighted by Gasteiger charge is 2.25. The van der Waals surface area contributed by atoms with Gasteiger partial charge in [0.25, 0.3) is 0 Å². The van der Waals surface area contributed by atoms with Crippen LogP contribution in [0.15, 0.2) is 47.8 Å². The molecule has 124 valence electrons. The van der Waals surface area contributed by atoms with Crippen molar-refractivity contribution in [2.45, 2.75) is 6.10 Å². The minimum Gasteiger partial charge on any atom is -0.474 e. The molecule has 2 aromatic heterocycles. The zero-order chi connectivity index (χ0) is 17.2. The van der Waals surface area contributed by atoms with E-state index in [0.717, 1.165) is 21.7 Å². The first-order chi connectivity index (χ1) is 12.2. The second kappa shape index (κ2) is 6.85. The van der Waals surface area contributed by atoms with E-state index in [0.29, 0.717) is 29.7 Å². The molecule has 0 radical (unpaired) electrons. The van der Waals surface area contributed by atoms with Gasteiger partial charge in [-0.3, -0.25) is 0 Å². The lowest BCUT2D eigenvalue weighted by Crippen LogP contribution is -2.08. The van der Waals surface area contributed by atoms with Crippen LogP contribution in [0, 0.1) is 11.3 Å². The van der Waals surface area contributed by atoms with Gasteiger partial charge in [0, 0.05) is 10.6 Å². The number of hydrogen-bond donors (Lipinski definition) is 0. The highest BCUT2D eigenvalue weighted by atomic mass is 35.5. The number of ether oxygens (including phenoxy) is 2. The maximum absolute atomic E-state index is 9.69. The van der Waals surface area contributed by atoms with Crippen LogP contribution in [0.3, 0.4) is 0 Å². The summed E-state index contributed by atoms with van der Waals surface area (Å²) in [6, 6.07) is 15.5. The Morgan fingerprint density at radius 2 is 2.12 bits per heavy atom. The predicted octanol–water partition coefficient (Wildman–Crippen LogP) is 4.78. The molecule has 25 heavy (non-hydrogen) atoms. The molecule has 0 amide bonds. The summed E-state index contributed by atoms with van der Waals surface area (Å²) in [5, 5.41) is 12.3. The smallest absolute Gasteiger partial charge is 0.233 e. The largest absolute Gasteiger partial charge is 0.474 e. The Labute approximate surface area is 154 Å². The SMILES string of the molecule is N#Cc1c(-c2ccc(Cl)cc2)cc(-c2cccs2)nc1OCC1CO1. The van der Waals surface area contributed by atoms with Gasteiger partial charge in [-0.25, -0.2) is 4.98 Å². The van der Waals surface area contributed by atoms with E-state index in [2.05, 4.69) is 11.1 Å². The van der Waals surface area contributed by atoms with Crippen LogP contribution >= 0.6 is 22.9 Å². The Balaban J connectivity index is 1.84. The third-order valence-corrected chi connectivity index (χ3v) is 4.98. The van der Waals surface area contributed by atoms with Crippen molar-refractivity contribution in [2.24, 2.45) is 0 Å². The van der Waals surface area contributed by atoms with Gasteiger partial charge in [-0.15, -0.1) is 11.3 Å². The molecule has 1 aliphatic rings. The minimum atomic E-state index is 0.0951. The number of benzene rings is 1.